The number of hydrogen-bond donors (Lipinski definition) is 1. The lowest BCUT2D eigenvalue weighted by Gasteiger charge is -2.05. The lowest BCUT2D eigenvalue weighted by atomic mass is 10.1. The molecule has 2 N–H and O–H groups in total. The van der Waals surface area contributed by atoms with Gasteiger partial charge in [-0.3, -0.25) is 0 Å². The molecule has 5 nitrogen and oxygen atoms in total. The van der Waals surface area contributed by atoms with Crippen LogP contribution >= 0.6 is 11.3 Å². The fourth-order valence-electron chi connectivity index (χ4n) is 1.33. The molecule has 2 rings (SSSR count). The van der Waals surface area contributed by atoms with Gasteiger partial charge in [0, 0.05) is 11.0 Å². The molecule has 0 aromatic carbocycles. The lowest BCUT2D eigenvalue weighted by Crippen LogP contribution is -2.13. The minimum atomic E-state index is 0.503. The minimum absolute atomic E-state index is 0.503. The molecule has 6 heteroatoms. The predicted octanol–water partition coefficient (Wildman–Crippen LogP) is 0.940. The van der Waals surface area contributed by atoms with E-state index in [1.165, 1.54) is 18.4 Å². The maximum Gasteiger partial charge on any atom is 0.338 e. The van der Waals surface area contributed by atoms with E-state index < -0.39 is 0 Å². The summed E-state index contributed by atoms with van der Waals surface area (Å²) in [6.07, 6.45) is 2.24. The highest BCUT2D eigenvalue weighted by Crippen LogP contribution is 2.28. The van der Waals surface area contributed by atoms with E-state index in [1.807, 2.05) is 0 Å². The van der Waals surface area contributed by atoms with Crippen molar-refractivity contribution in [3.63, 3.8) is 0 Å². The van der Waals surface area contributed by atoms with Crippen LogP contribution in [0.5, 0.6) is 0 Å². The topological polar surface area (TPSA) is 84.5 Å². The van der Waals surface area contributed by atoms with E-state index in [1.54, 1.807) is 6.08 Å². The van der Waals surface area contributed by atoms with Gasteiger partial charge in [-0.1, -0.05) is 0 Å². The third kappa shape index (κ3) is 1.30. The Kier molecular flexibility index (Phi) is 2.07. The summed E-state index contributed by atoms with van der Waals surface area (Å²) in [5, 5.41) is 0.515. The molecular formula is C8H8N4OS. The van der Waals surface area contributed by atoms with Gasteiger partial charge < -0.3 is 16.0 Å². The fraction of sp³-hybridized carbons (Fsp3) is 0.250. The van der Waals surface area contributed by atoms with E-state index in [4.69, 9.17) is 16.0 Å². The van der Waals surface area contributed by atoms with Gasteiger partial charge in [-0.25, -0.2) is 4.98 Å². The third-order valence-electron chi connectivity index (χ3n) is 1.96. The van der Waals surface area contributed by atoms with Crippen LogP contribution in [0, 0.1) is 0 Å². The van der Waals surface area contributed by atoms with Crippen LogP contribution in [0.4, 0.5) is 5.13 Å². The fourth-order valence-corrected chi connectivity index (χ4v) is 2.14. The molecule has 1 aliphatic rings. The number of rotatable bonds is 1. The standard InChI is InChI=1S/C8H8N4OS/c1-13-6-2-5-7(3-4(6)12-10)14-8(9)11-5/h2H,3H2,1H3,(H2,9,11). The first-order chi connectivity index (χ1) is 6.74. The number of methoxy groups -OCH3 is 1. The van der Waals surface area contributed by atoms with Crippen LogP contribution in [0.1, 0.15) is 10.6 Å². The van der Waals surface area contributed by atoms with Gasteiger partial charge in [-0.15, -0.1) is 11.3 Å². The summed E-state index contributed by atoms with van der Waals surface area (Å²) in [6.45, 7) is 0. The molecule has 1 aromatic rings. The highest BCUT2D eigenvalue weighted by molar-refractivity contribution is 7.15. The number of anilines is 1. The second kappa shape index (κ2) is 3.25. The Labute approximate surface area is 84.5 Å². The molecule has 14 heavy (non-hydrogen) atoms. The van der Waals surface area contributed by atoms with E-state index in [-0.39, 0.29) is 0 Å². The minimum Gasteiger partial charge on any atom is -0.490 e. The molecule has 0 fully saturated rings. The van der Waals surface area contributed by atoms with Gasteiger partial charge in [0.25, 0.3) is 0 Å². The molecular weight excluding hydrogens is 200 g/mol. The zero-order valence-electron chi connectivity index (χ0n) is 7.52. The highest BCUT2D eigenvalue weighted by Gasteiger charge is 2.26. The van der Waals surface area contributed by atoms with Crippen molar-refractivity contribution in [1.29, 1.82) is 0 Å². The van der Waals surface area contributed by atoms with Crippen LogP contribution in [0.2, 0.25) is 0 Å². The average Bonchev–Trinajstić information content (AvgIpc) is 2.54. The summed E-state index contributed by atoms with van der Waals surface area (Å²) < 4.78 is 5.05. The predicted molar refractivity (Wildman–Crippen MR) is 53.8 cm³/mol. The summed E-state index contributed by atoms with van der Waals surface area (Å²) >= 11 is 1.40. The Balaban J connectivity index is 2.54. The lowest BCUT2D eigenvalue weighted by molar-refractivity contribution is -0.0108. The van der Waals surface area contributed by atoms with E-state index >= 15 is 0 Å². The Morgan fingerprint density at radius 3 is 3.14 bits per heavy atom. The average molecular weight is 208 g/mol. The summed E-state index contributed by atoms with van der Waals surface area (Å²) in [6, 6.07) is 0. The van der Waals surface area contributed by atoms with Gasteiger partial charge in [0.05, 0.1) is 19.2 Å². The Morgan fingerprint density at radius 1 is 1.71 bits per heavy atom. The van der Waals surface area contributed by atoms with Gasteiger partial charge in [0.15, 0.2) is 5.13 Å². The quantitative estimate of drug-likeness (QED) is 0.550. The molecule has 0 radical (unpaired) electrons. The maximum atomic E-state index is 8.75. The molecule has 1 heterocycles. The summed E-state index contributed by atoms with van der Waals surface area (Å²) in [5.41, 5.74) is 15.6. The third-order valence-corrected chi connectivity index (χ3v) is 2.87. The Bertz CT molecular complexity index is 456. The Hall–Kier alpha value is -1.65. The van der Waals surface area contributed by atoms with Crippen LogP contribution in [-0.2, 0) is 11.2 Å². The van der Waals surface area contributed by atoms with Gasteiger partial charge in [0.1, 0.15) is 0 Å². The van der Waals surface area contributed by atoms with Crippen molar-refractivity contribution in [3.05, 3.63) is 21.9 Å². The van der Waals surface area contributed by atoms with Crippen LogP contribution in [0.25, 0.3) is 11.6 Å². The number of ether oxygens (including phenoxy) is 1. The summed E-state index contributed by atoms with van der Waals surface area (Å²) in [5.74, 6) is 0.533. The van der Waals surface area contributed by atoms with E-state index in [0.29, 0.717) is 23.0 Å². The van der Waals surface area contributed by atoms with E-state index in [2.05, 4.69) is 9.77 Å². The van der Waals surface area contributed by atoms with E-state index in [0.717, 1.165) is 10.6 Å². The van der Waals surface area contributed by atoms with Gasteiger partial charge >= 0.3 is 5.71 Å². The number of nitrogens with two attached hydrogens (primary N) is 1. The van der Waals surface area contributed by atoms with Crippen molar-refractivity contribution >= 4 is 28.3 Å². The zero-order valence-corrected chi connectivity index (χ0v) is 8.34. The number of nitrogens with zero attached hydrogens (tertiary/aromatic N) is 3. The first kappa shape index (κ1) is 8.93. The van der Waals surface area contributed by atoms with Crippen molar-refractivity contribution in [2.75, 3.05) is 12.8 Å². The second-order valence-corrected chi connectivity index (χ2v) is 3.91. The molecule has 0 bridgehead atoms. The monoisotopic (exact) mass is 208 g/mol. The molecule has 1 aromatic heterocycles. The van der Waals surface area contributed by atoms with Crippen molar-refractivity contribution in [3.8, 4) is 0 Å². The molecule has 0 amide bonds. The van der Waals surface area contributed by atoms with Crippen LogP contribution in [0.3, 0.4) is 0 Å². The molecule has 0 saturated carbocycles. The number of hydrogen-bond acceptors (Lipinski definition) is 4. The normalized spacial score (nSPS) is 14.4. The second-order valence-electron chi connectivity index (χ2n) is 2.80. The van der Waals surface area contributed by atoms with Crippen molar-refractivity contribution in [2.45, 2.75) is 6.42 Å². The van der Waals surface area contributed by atoms with Crippen molar-refractivity contribution in [2.24, 2.45) is 0 Å². The smallest absolute Gasteiger partial charge is 0.338 e. The molecule has 0 aliphatic heterocycles. The first-order valence-corrected chi connectivity index (χ1v) is 4.78. The molecule has 0 atom stereocenters. The summed E-state index contributed by atoms with van der Waals surface area (Å²) in [7, 11) is 1.53. The highest BCUT2D eigenvalue weighted by atomic mass is 32.1. The number of aromatic nitrogens is 1. The largest absolute Gasteiger partial charge is 0.490 e. The van der Waals surface area contributed by atoms with Gasteiger partial charge in [-0.2, -0.15) is 4.79 Å². The van der Waals surface area contributed by atoms with Gasteiger partial charge in [-0.05, 0) is 0 Å². The number of thiazole rings is 1. The maximum absolute atomic E-state index is 8.75. The van der Waals surface area contributed by atoms with Crippen molar-refractivity contribution < 1.29 is 9.53 Å². The molecule has 1 aliphatic carbocycles. The number of fused-ring (bicyclic) bond motifs is 1. The Morgan fingerprint density at radius 2 is 2.50 bits per heavy atom. The van der Waals surface area contributed by atoms with Gasteiger partial charge in [0.2, 0.25) is 5.76 Å². The SMILES string of the molecule is COC1=Cc2nc(N)sc2CC1=[N+]=[N-]. The summed E-state index contributed by atoms with van der Waals surface area (Å²) in [4.78, 5) is 8.29. The van der Waals surface area contributed by atoms with Crippen LogP contribution < -0.4 is 5.73 Å². The number of nitrogen functional groups attached to an aromatic ring is 1. The number of allylic oxidation sites excluding steroid dienone is 1. The zero-order chi connectivity index (χ0) is 10.1. The van der Waals surface area contributed by atoms with Crippen LogP contribution in [-0.4, -0.2) is 22.6 Å². The van der Waals surface area contributed by atoms with Crippen molar-refractivity contribution in [1.82, 2.24) is 4.98 Å². The molecule has 0 spiro atoms. The van der Waals surface area contributed by atoms with Crippen LogP contribution in [0.15, 0.2) is 5.76 Å². The first-order valence-electron chi connectivity index (χ1n) is 3.96. The molecule has 72 valence electrons. The molecule has 0 unspecified atom stereocenters. The molecule has 0 saturated heterocycles. The van der Waals surface area contributed by atoms with E-state index in [9.17, 15) is 0 Å².